The van der Waals surface area contributed by atoms with Crippen molar-refractivity contribution in [1.82, 2.24) is 24.5 Å². The normalized spacial score (nSPS) is 11.2. The lowest BCUT2D eigenvalue weighted by Crippen LogP contribution is -2.15. The lowest BCUT2D eigenvalue weighted by molar-refractivity contribution is 0.102. The number of carbonyl (C=O) groups is 1. The fraction of sp³-hybridized carbons (Fsp3) is 0.250. The zero-order chi connectivity index (χ0) is 20.5. The lowest BCUT2D eigenvalue weighted by atomic mass is 10.1. The molecule has 0 saturated heterocycles. The highest BCUT2D eigenvalue weighted by Crippen LogP contribution is 2.24. The number of hydrogen-bond donors (Lipinski definition) is 1. The van der Waals surface area contributed by atoms with Crippen molar-refractivity contribution in [2.75, 3.05) is 5.32 Å². The van der Waals surface area contributed by atoms with Gasteiger partial charge < -0.3 is 14.6 Å². The van der Waals surface area contributed by atoms with E-state index in [1.165, 1.54) is 12.5 Å². The number of nitrogens with one attached hydrogen (secondary N) is 1. The fourth-order valence-corrected chi connectivity index (χ4v) is 2.84. The molecular weight excluding hydrogens is 372 g/mol. The van der Waals surface area contributed by atoms with E-state index in [0.717, 1.165) is 11.1 Å². The number of nitrogens with zero attached hydrogens (tertiary/aromatic N) is 5. The summed E-state index contributed by atoms with van der Waals surface area (Å²) in [4.78, 5) is 25.6. The Bertz CT molecular complexity index is 1190. The zero-order valence-electron chi connectivity index (χ0n) is 16.5. The SMILES string of the molecule is Cc1nc(-c2ccc(C)c(NC(=O)c3cnc4cc(OC(C)C)ncn34)c2)no1. The first kappa shape index (κ1) is 18.6. The van der Waals surface area contributed by atoms with Crippen molar-refractivity contribution < 1.29 is 14.1 Å². The Labute approximate surface area is 166 Å². The van der Waals surface area contributed by atoms with Gasteiger partial charge in [0, 0.05) is 24.2 Å². The van der Waals surface area contributed by atoms with Gasteiger partial charge in [-0.25, -0.2) is 9.97 Å². The first-order valence-electron chi connectivity index (χ1n) is 9.13. The van der Waals surface area contributed by atoms with Crippen LogP contribution in [0.1, 0.15) is 35.8 Å². The van der Waals surface area contributed by atoms with Crippen molar-refractivity contribution in [3.05, 3.63) is 53.9 Å². The number of fused-ring (bicyclic) bond motifs is 1. The molecule has 3 aromatic heterocycles. The molecule has 0 unspecified atom stereocenters. The predicted molar refractivity (Wildman–Crippen MR) is 106 cm³/mol. The third kappa shape index (κ3) is 3.79. The number of ether oxygens (including phenoxy) is 1. The summed E-state index contributed by atoms with van der Waals surface area (Å²) in [5, 5.41) is 6.85. The number of benzene rings is 1. The third-order valence-corrected chi connectivity index (χ3v) is 4.24. The molecule has 3 heterocycles. The average molecular weight is 392 g/mol. The van der Waals surface area contributed by atoms with Crippen LogP contribution in [-0.2, 0) is 0 Å². The number of carbonyl (C=O) groups excluding carboxylic acids is 1. The standard InChI is InChI=1S/C20H20N6O3/c1-11(2)28-18-8-17-21-9-16(26(17)10-22-18)20(27)24-15-7-14(6-5-12(15)3)19-23-13(4)29-25-19/h5-11H,1-4H3,(H,24,27). The van der Waals surface area contributed by atoms with E-state index in [4.69, 9.17) is 9.26 Å². The van der Waals surface area contributed by atoms with E-state index in [-0.39, 0.29) is 12.0 Å². The van der Waals surface area contributed by atoms with Crippen LogP contribution in [0.2, 0.25) is 0 Å². The quantitative estimate of drug-likeness (QED) is 0.554. The topological polar surface area (TPSA) is 107 Å². The van der Waals surface area contributed by atoms with Crippen molar-refractivity contribution in [2.45, 2.75) is 33.8 Å². The molecule has 1 amide bonds. The average Bonchev–Trinajstić information content (AvgIpc) is 3.29. The maximum atomic E-state index is 12.9. The smallest absolute Gasteiger partial charge is 0.274 e. The summed E-state index contributed by atoms with van der Waals surface area (Å²) in [6, 6.07) is 7.28. The van der Waals surface area contributed by atoms with Crippen LogP contribution in [0.4, 0.5) is 5.69 Å². The van der Waals surface area contributed by atoms with Crippen LogP contribution in [0.5, 0.6) is 5.88 Å². The Hall–Kier alpha value is -3.75. The molecular formula is C20H20N6O3. The number of rotatable bonds is 5. The molecule has 0 aliphatic carbocycles. The van der Waals surface area contributed by atoms with Crippen LogP contribution >= 0.6 is 0 Å². The highest BCUT2D eigenvalue weighted by Gasteiger charge is 2.16. The Morgan fingerprint density at radius 3 is 2.76 bits per heavy atom. The lowest BCUT2D eigenvalue weighted by Gasteiger charge is -2.10. The maximum absolute atomic E-state index is 12.9. The Morgan fingerprint density at radius 1 is 1.21 bits per heavy atom. The van der Waals surface area contributed by atoms with Gasteiger partial charge in [0.25, 0.3) is 5.91 Å². The summed E-state index contributed by atoms with van der Waals surface area (Å²) < 4.78 is 12.2. The molecule has 4 aromatic rings. The van der Waals surface area contributed by atoms with Crippen molar-refractivity contribution in [3.8, 4) is 17.3 Å². The van der Waals surface area contributed by atoms with Gasteiger partial charge in [0.15, 0.2) is 0 Å². The van der Waals surface area contributed by atoms with E-state index in [1.54, 1.807) is 17.4 Å². The molecule has 0 saturated carbocycles. The van der Waals surface area contributed by atoms with Gasteiger partial charge in [0.1, 0.15) is 17.7 Å². The molecule has 0 radical (unpaired) electrons. The Kier molecular flexibility index (Phi) is 4.71. The molecule has 1 N–H and O–H groups in total. The van der Waals surface area contributed by atoms with Gasteiger partial charge in [-0.05, 0) is 32.4 Å². The van der Waals surface area contributed by atoms with Crippen LogP contribution < -0.4 is 10.1 Å². The highest BCUT2D eigenvalue weighted by atomic mass is 16.5. The first-order chi connectivity index (χ1) is 13.9. The van der Waals surface area contributed by atoms with Crippen LogP contribution in [0, 0.1) is 13.8 Å². The van der Waals surface area contributed by atoms with Gasteiger partial charge in [-0.15, -0.1) is 0 Å². The van der Waals surface area contributed by atoms with E-state index in [0.29, 0.717) is 34.6 Å². The number of aromatic nitrogens is 5. The number of amides is 1. The Balaban J connectivity index is 1.61. The van der Waals surface area contributed by atoms with Crippen LogP contribution in [0.15, 0.2) is 41.3 Å². The molecule has 148 valence electrons. The molecule has 0 bridgehead atoms. The van der Waals surface area contributed by atoms with Crippen LogP contribution in [0.25, 0.3) is 17.0 Å². The predicted octanol–water partition coefficient (Wildman–Crippen LogP) is 3.44. The molecule has 0 fully saturated rings. The summed E-state index contributed by atoms with van der Waals surface area (Å²) >= 11 is 0. The largest absolute Gasteiger partial charge is 0.475 e. The maximum Gasteiger partial charge on any atom is 0.274 e. The fourth-order valence-electron chi connectivity index (χ4n) is 2.84. The van der Waals surface area contributed by atoms with E-state index in [9.17, 15) is 4.79 Å². The molecule has 0 spiro atoms. The monoisotopic (exact) mass is 392 g/mol. The molecule has 0 aliphatic rings. The second-order valence-electron chi connectivity index (χ2n) is 6.89. The zero-order valence-corrected chi connectivity index (χ0v) is 16.5. The highest BCUT2D eigenvalue weighted by molar-refractivity contribution is 6.04. The van der Waals surface area contributed by atoms with Crippen molar-refractivity contribution in [2.24, 2.45) is 0 Å². The van der Waals surface area contributed by atoms with Crippen molar-refractivity contribution in [1.29, 1.82) is 0 Å². The minimum atomic E-state index is -0.304. The molecule has 29 heavy (non-hydrogen) atoms. The van der Waals surface area contributed by atoms with Gasteiger partial charge in [-0.1, -0.05) is 17.3 Å². The minimum absolute atomic E-state index is 0.000858. The second-order valence-corrected chi connectivity index (χ2v) is 6.89. The summed E-state index contributed by atoms with van der Waals surface area (Å²) in [5.41, 5.74) is 3.25. The van der Waals surface area contributed by atoms with Crippen LogP contribution in [0.3, 0.4) is 0 Å². The number of anilines is 1. The van der Waals surface area contributed by atoms with Crippen molar-refractivity contribution >= 4 is 17.2 Å². The van der Waals surface area contributed by atoms with E-state index < -0.39 is 0 Å². The molecule has 1 aromatic carbocycles. The number of aryl methyl sites for hydroxylation is 2. The third-order valence-electron chi connectivity index (χ3n) is 4.24. The number of hydrogen-bond acceptors (Lipinski definition) is 7. The minimum Gasteiger partial charge on any atom is -0.475 e. The summed E-state index contributed by atoms with van der Waals surface area (Å²) in [7, 11) is 0. The summed E-state index contributed by atoms with van der Waals surface area (Å²) in [6.07, 6.45) is 3.04. The van der Waals surface area contributed by atoms with Gasteiger partial charge in [0.05, 0.1) is 12.3 Å². The van der Waals surface area contributed by atoms with E-state index in [1.807, 2.05) is 39.0 Å². The van der Waals surface area contributed by atoms with Gasteiger partial charge in [0.2, 0.25) is 17.6 Å². The summed E-state index contributed by atoms with van der Waals surface area (Å²) in [5.74, 6) is 1.10. The second kappa shape index (κ2) is 7.34. The molecule has 4 rings (SSSR count). The first-order valence-corrected chi connectivity index (χ1v) is 9.13. The molecule has 9 nitrogen and oxygen atoms in total. The molecule has 9 heteroatoms. The molecule has 0 aliphatic heterocycles. The van der Waals surface area contributed by atoms with E-state index in [2.05, 4.69) is 25.4 Å². The van der Waals surface area contributed by atoms with Gasteiger partial charge >= 0.3 is 0 Å². The molecule has 0 atom stereocenters. The van der Waals surface area contributed by atoms with Crippen molar-refractivity contribution in [3.63, 3.8) is 0 Å². The van der Waals surface area contributed by atoms with Crippen LogP contribution in [-0.4, -0.2) is 36.5 Å². The van der Waals surface area contributed by atoms with Gasteiger partial charge in [-0.3, -0.25) is 9.20 Å². The van der Waals surface area contributed by atoms with E-state index >= 15 is 0 Å². The number of imidazole rings is 1. The van der Waals surface area contributed by atoms with Gasteiger partial charge in [-0.2, -0.15) is 4.98 Å². The Morgan fingerprint density at radius 2 is 2.03 bits per heavy atom. The summed E-state index contributed by atoms with van der Waals surface area (Å²) in [6.45, 7) is 7.47.